The Hall–Kier alpha value is -2.38. The number of nitrogens with one attached hydrogen (secondary N) is 2. The van der Waals surface area contributed by atoms with Gasteiger partial charge in [0.05, 0.1) is 16.3 Å². The summed E-state index contributed by atoms with van der Waals surface area (Å²) in [6.07, 6.45) is 3.48. The van der Waals surface area contributed by atoms with E-state index in [4.69, 9.17) is 4.42 Å². The van der Waals surface area contributed by atoms with Gasteiger partial charge in [-0.05, 0) is 56.9 Å². The molecule has 0 aliphatic heterocycles. The van der Waals surface area contributed by atoms with E-state index in [1.165, 1.54) is 0 Å². The number of benzene rings is 1. The van der Waals surface area contributed by atoms with Crippen molar-refractivity contribution in [3.05, 3.63) is 42.2 Å². The fourth-order valence-corrected chi connectivity index (χ4v) is 4.37. The van der Waals surface area contributed by atoms with Crippen LogP contribution in [0.2, 0.25) is 0 Å². The Morgan fingerprint density at radius 1 is 1.21 bits per heavy atom. The predicted molar refractivity (Wildman–Crippen MR) is 114 cm³/mol. The molecule has 6 nitrogen and oxygen atoms in total. The van der Waals surface area contributed by atoms with Crippen LogP contribution in [0.4, 0.5) is 0 Å². The van der Waals surface area contributed by atoms with Gasteiger partial charge in [0.2, 0.25) is 0 Å². The van der Waals surface area contributed by atoms with Crippen LogP contribution in [0.1, 0.15) is 38.4 Å². The SMILES string of the molecule is CCNC(=NCc1ccc(-c2nc3ccccc3s2)o1)NC1CCC(O)CC1. The Morgan fingerprint density at radius 2 is 2.04 bits per heavy atom. The van der Waals surface area contributed by atoms with Gasteiger partial charge >= 0.3 is 0 Å². The van der Waals surface area contributed by atoms with Crippen molar-refractivity contribution in [1.29, 1.82) is 0 Å². The molecule has 4 rings (SSSR count). The van der Waals surface area contributed by atoms with Crippen molar-refractivity contribution in [3.8, 4) is 10.8 Å². The van der Waals surface area contributed by atoms with E-state index in [2.05, 4.69) is 33.6 Å². The first kappa shape index (κ1) is 19.0. The molecule has 0 saturated heterocycles. The standard InChI is InChI=1S/C21H26N4O2S/c1-2-22-21(24-14-7-9-15(26)10-8-14)23-13-16-11-12-18(27-16)20-25-17-5-3-4-6-19(17)28-20/h3-6,11-12,14-15,26H,2,7-10,13H2,1H3,(H2,22,23,24). The smallest absolute Gasteiger partial charge is 0.191 e. The lowest BCUT2D eigenvalue weighted by molar-refractivity contribution is 0.120. The third-order valence-corrected chi connectivity index (χ3v) is 5.99. The zero-order valence-corrected chi connectivity index (χ0v) is 16.8. The molecule has 3 N–H and O–H groups in total. The van der Waals surface area contributed by atoms with Crippen molar-refractivity contribution in [3.63, 3.8) is 0 Å². The average Bonchev–Trinajstić information content (AvgIpc) is 3.34. The monoisotopic (exact) mass is 398 g/mol. The molecular weight excluding hydrogens is 372 g/mol. The third-order valence-electron chi connectivity index (χ3n) is 4.94. The van der Waals surface area contributed by atoms with Gasteiger partial charge in [0.25, 0.3) is 0 Å². The lowest BCUT2D eigenvalue weighted by Gasteiger charge is -2.27. The number of aliphatic hydroxyl groups is 1. The molecule has 1 aromatic carbocycles. The minimum Gasteiger partial charge on any atom is -0.457 e. The van der Waals surface area contributed by atoms with Crippen LogP contribution in [0.5, 0.6) is 0 Å². The number of aromatic nitrogens is 1. The summed E-state index contributed by atoms with van der Waals surface area (Å²) < 4.78 is 7.14. The van der Waals surface area contributed by atoms with Crippen molar-refractivity contribution in [2.45, 2.75) is 51.3 Å². The molecule has 1 aliphatic carbocycles. The summed E-state index contributed by atoms with van der Waals surface area (Å²) >= 11 is 1.63. The highest BCUT2D eigenvalue weighted by molar-refractivity contribution is 7.21. The summed E-state index contributed by atoms with van der Waals surface area (Å²) in [6, 6.07) is 12.4. The first-order valence-corrected chi connectivity index (χ1v) is 10.7. The lowest BCUT2D eigenvalue weighted by atomic mass is 9.93. The predicted octanol–water partition coefficient (Wildman–Crippen LogP) is 3.91. The van der Waals surface area contributed by atoms with E-state index < -0.39 is 0 Å². The zero-order chi connectivity index (χ0) is 19.3. The molecular formula is C21H26N4O2S. The topological polar surface area (TPSA) is 82.7 Å². The van der Waals surface area contributed by atoms with Gasteiger partial charge < -0.3 is 20.2 Å². The zero-order valence-electron chi connectivity index (χ0n) is 16.0. The normalized spacial score (nSPS) is 20.4. The Morgan fingerprint density at radius 3 is 2.82 bits per heavy atom. The summed E-state index contributed by atoms with van der Waals surface area (Å²) in [5, 5.41) is 17.3. The summed E-state index contributed by atoms with van der Waals surface area (Å²) in [7, 11) is 0. The van der Waals surface area contributed by atoms with Crippen LogP contribution >= 0.6 is 11.3 Å². The molecule has 0 radical (unpaired) electrons. The first-order chi connectivity index (χ1) is 13.7. The molecule has 0 atom stereocenters. The van der Waals surface area contributed by atoms with Gasteiger partial charge in [-0.15, -0.1) is 11.3 Å². The second kappa shape index (κ2) is 8.75. The minimum atomic E-state index is -0.151. The number of aliphatic hydroxyl groups excluding tert-OH is 1. The third kappa shape index (κ3) is 4.54. The van der Waals surface area contributed by atoms with Gasteiger partial charge in [-0.3, -0.25) is 0 Å². The minimum absolute atomic E-state index is 0.151. The van der Waals surface area contributed by atoms with Gasteiger partial charge in [0.1, 0.15) is 12.3 Å². The molecule has 0 unspecified atom stereocenters. The number of guanidine groups is 1. The number of hydrogen-bond donors (Lipinski definition) is 3. The maximum atomic E-state index is 9.67. The number of hydrogen-bond acceptors (Lipinski definition) is 5. The van der Waals surface area contributed by atoms with E-state index in [-0.39, 0.29) is 6.10 Å². The van der Waals surface area contributed by atoms with Crippen molar-refractivity contribution in [2.24, 2.45) is 4.99 Å². The molecule has 1 saturated carbocycles. The van der Waals surface area contributed by atoms with Crippen LogP contribution < -0.4 is 10.6 Å². The van der Waals surface area contributed by atoms with Crippen LogP contribution in [0.3, 0.4) is 0 Å². The molecule has 1 aliphatic rings. The van der Waals surface area contributed by atoms with Gasteiger partial charge in [-0.2, -0.15) is 0 Å². The number of fused-ring (bicyclic) bond motifs is 1. The van der Waals surface area contributed by atoms with E-state index in [0.717, 1.165) is 64.9 Å². The van der Waals surface area contributed by atoms with Crippen LogP contribution in [-0.4, -0.2) is 34.7 Å². The molecule has 0 amide bonds. The van der Waals surface area contributed by atoms with Crippen LogP contribution in [-0.2, 0) is 6.54 Å². The van der Waals surface area contributed by atoms with E-state index in [1.807, 2.05) is 30.3 Å². The summed E-state index contributed by atoms with van der Waals surface area (Å²) in [6.45, 7) is 3.33. The molecule has 0 bridgehead atoms. The second-order valence-corrected chi connectivity index (χ2v) is 8.13. The van der Waals surface area contributed by atoms with Crippen molar-refractivity contribution in [2.75, 3.05) is 6.54 Å². The largest absolute Gasteiger partial charge is 0.457 e. The number of nitrogens with zero attached hydrogens (tertiary/aromatic N) is 2. The molecule has 0 spiro atoms. The highest BCUT2D eigenvalue weighted by Crippen LogP contribution is 2.31. The van der Waals surface area contributed by atoms with E-state index in [0.29, 0.717) is 12.6 Å². The summed E-state index contributed by atoms with van der Waals surface area (Å²) in [5.74, 6) is 2.39. The van der Waals surface area contributed by atoms with Gasteiger partial charge in [-0.1, -0.05) is 12.1 Å². The average molecular weight is 399 g/mol. The van der Waals surface area contributed by atoms with Gasteiger partial charge in [0, 0.05) is 12.6 Å². The Balaban J connectivity index is 1.42. The molecule has 2 aromatic heterocycles. The molecule has 1 fully saturated rings. The van der Waals surface area contributed by atoms with Gasteiger partial charge in [0.15, 0.2) is 16.7 Å². The Bertz CT molecular complexity index is 908. The fourth-order valence-electron chi connectivity index (χ4n) is 3.45. The molecule has 2 heterocycles. The highest BCUT2D eigenvalue weighted by Gasteiger charge is 2.20. The molecule has 148 valence electrons. The summed E-state index contributed by atoms with van der Waals surface area (Å²) in [4.78, 5) is 9.32. The Kier molecular flexibility index (Phi) is 5.92. The van der Waals surface area contributed by atoms with Crippen LogP contribution in [0.15, 0.2) is 45.8 Å². The lowest BCUT2D eigenvalue weighted by Crippen LogP contribution is -2.45. The maximum absolute atomic E-state index is 9.67. The van der Waals surface area contributed by atoms with Crippen molar-refractivity contribution >= 4 is 27.5 Å². The first-order valence-electron chi connectivity index (χ1n) is 9.89. The maximum Gasteiger partial charge on any atom is 0.191 e. The quantitative estimate of drug-likeness (QED) is 0.448. The molecule has 7 heteroatoms. The molecule has 3 aromatic rings. The number of thiazole rings is 1. The van der Waals surface area contributed by atoms with E-state index in [9.17, 15) is 5.11 Å². The van der Waals surface area contributed by atoms with Gasteiger partial charge in [-0.25, -0.2) is 9.98 Å². The number of rotatable bonds is 5. The number of furan rings is 1. The summed E-state index contributed by atoms with van der Waals surface area (Å²) in [5.41, 5.74) is 0.995. The second-order valence-electron chi connectivity index (χ2n) is 7.10. The van der Waals surface area contributed by atoms with Crippen molar-refractivity contribution in [1.82, 2.24) is 15.6 Å². The fraction of sp³-hybridized carbons (Fsp3) is 0.429. The number of aliphatic imine (C=N–C) groups is 1. The van der Waals surface area contributed by atoms with Crippen LogP contribution in [0.25, 0.3) is 21.0 Å². The molecule has 28 heavy (non-hydrogen) atoms. The highest BCUT2D eigenvalue weighted by atomic mass is 32.1. The van der Waals surface area contributed by atoms with Crippen LogP contribution in [0, 0.1) is 0 Å². The van der Waals surface area contributed by atoms with E-state index >= 15 is 0 Å². The number of para-hydroxylation sites is 1. The van der Waals surface area contributed by atoms with E-state index in [1.54, 1.807) is 11.3 Å². The van der Waals surface area contributed by atoms with Crippen molar-refractivity contribution < 1.29 is 9.52 Å². The Labute approximate surface area is 168 Å².